The summed E-state index contributed by atoms with van der Waals surface area (Å²) in [5, 5.41) is 0. The van der Waals surface area contributed by atoms with Crippen molar-refractivity contribution in [3.8, 4) is 0 Å². The minimum absolute atomic E-state index is 0.117. The fourth-order valence-corrected chi connectivity index (χ4v) is 2.41. The Kier molecular flexibility index (Phi) is 4.56. The van der Waals surface area contributed by atoms with E-state index in [0.29, 0.717) is 17.0 Å². The number of benzene rings is 2. The topological polar surface area (TPSA) is 17.1 Å². The van der Waals surface area contributed by atoms with Crippen molar-refractivity contribution in [2.45, 2.75) is 39.5 Å². The Labute approximate surface area is 125 Å². The molecule has 0 aliphatic heterocycles. The summed E-state index contributed by atoms with van der Waals surface area (Å²) in [5.74, 6) is 0.163. The predicted molar refractivity (Wildman–Crippen MR) is 84.5 cm³/mol. The molecule has 0 radical (unpaired) electrons. The maximum atomic E-state index is 13.3. The van der Waals surface area contributed by atoms with Crippen LogP contribution in [-0.2, 0) is 0 Å². The van der Waals surface area contributed by atoms with Crippen molar-refractivity contribution in [3.63, 3.8) is 0 Å². The zero-order chi connectivity index (χ0) is 15.6. The first-order valence-corrected chi connectivity index (χ1v) is 7.34. The molecule has 2 aromatic rings. The Morgan fingerprint density at radius 3 is 2.24 bits per heavy atom. The van der Waals surface area contributed by atoms with Gasteiger partial charge in [-0.25, -0.2) is 4.39 Å². The van der Waals surface area contributed by atoms with E-state index in [2.05, 4.69) is 33.8 Å². The van der Waals surface area contributed by atoms with Gasteiger partial charge in [0.1, 0.15) is 5.82 Å². The molecule has 2 heteroatoms. The predicted octanol–water partition coefficient (Wildman–Crippen LogP) is 5.30. The third-order valence-corrected chi connectivity index (χ3v) is 3.70. The summed E-state index contributed by atoms with van der Waals surface area (Å²) < 4.78 is 13.3. The van der Waals surface area contributed by atoms with E-state index in [9.17, 15) is 9.18 Å². The first kappa shape index (κ1) is 15.4. The second kappa shape index (κ2) is 6.21. The van der Waals surface area contributed by atoms with Crippen LogP contribution in [0.15, 0.2) is 42.5 Å². The highest BCUT2D eigenvalue weighted by Gasteiger charge is 2.17. The van der Waals surface area contributed by atoms with Crippen molar-refractivity contribution in [2.24, 2.45) is 0 Å². The molecule has 2 aromatic carbocycles. The highest BCUT2D eigenvalue weighted by molar-refractivity contribution is 6.10. The van der Waals surface area contributed by atoms with Gasteiger partial charge >= 0.3 is 0 Å². The molecule has 0 fully saturated rings. The molecule has 0 atom stereocenters. The van der Waals surface area contributed by atoms with Crippen molar-refractivity contribution >= 4 is 5.78 Å². The van der Waals surface area contributed by atoms with E-state index in [-0.39, 0.29) is 17.5 Å². The summed E-state index contributed by atoms with van der Waals surface area (Å²) in [6.07, 6.45) is 0. The molecule has 0 saturated heterocycles. The fraction of sp³-hybridized carbons (Fsp3) is 0.316. The lowest BCUT2D eigenvalue weighted by molar-refractivity contribution is 0.103. The van der Waals surface area contributed by atoms with Gasteiger partial charge in [-0.3, -0.25) is 4.79 Å². The summed E-state index contributed by atoms with van der Waals surface area (Å²) in [4.78, 5) is 12.6. The quantitative estimate of drug-likeness (QED) is 0.696. The van der Waals surface area contributed by atoms with E-state index in [4.69, 9.17) is 0 Å². The second-order valence-electron chi connectivity index (χ2n) is 6.00. The lowest BCUT2D eigenvalue weighted by atomic mass is 9.88. The Morgan fingerprint density at radius 2 is 1.67 bits per heavy atom. The molecule has 0 bridgehead atoms. The lowest BCUT2D eigenvalue weighted by Gasteiger charge is -2.15. The molecule has 0 aliphatic rings. The fourth-order valence-electron chi connectivity index (χ4n) is 2.41. The smallest absolute Gasteiger partial charge is 0.193 e. The van der Waals surface area contributed by atoms with E-state index in [1.54, 1.807) is 12.1 Å². The first-order valence-electron chi connectivity index (χ1n) is 7.34. The minimum atomic E-state index is -0.384. The molecule has 0 heterocycles. The Hall–Kier alpha value is -1.96. The molecule has 0 amide bonds. The number of carbonyl (C=O) groups is 1. The molecule has 0 N–H and O–H groups in total. The van der Waals surface area contributed by atoms with Gasteiger partial charge in [-0.05, 0) is 35.1 Å². The zero-order valence-corrected chi connectivity index (χ0v) is 13.0. The van der Waals surface area contributed by atoms with Gasteiger partial charge in [0.15, 0.2) is 5.78 Å². The summed E-state index contributed by atoms with van der Waals surface area (Å²) in [7, 11) is 0. The van der Waals surface area contributed by atoms with E-state index >= 15 is 0 Å². The lowest BCUT2D eigenvalue weighted by Crippen LogP contribution is -2.08. The zero-order valence-electron chi connectivity index (χ0n) is 13.0. The van der Waals surface area contributed by atoms with Crippen molar-refractivity contribution in [1.82, 2.24) is 0 Å². The molecule has 110 valence electrons. The van der Waals surface area contributed by atoms with Gasteiger partial charge in [-0.15, -0.1) is 0 Å². The van der Waals surface area contributed by atoms with Crippen LogP contribution in [0.3, 0.4) is 0 Å². The van der Waals surface area contributed by atoms with Crippen LogP contribution in [0.25, 0.3) is 0 Å². The van der Waals surface area contributed by atoms with Crippen LogP contribution in [0.1, 0.15) is 66.6 Å². The van der Waals surface area contributed by atoms with Crippen molar-refractivity contribution in [3.05, 3.63) is 70.5 Å². The number of rotatable bonds is 4. The Bertz CT molecular complexity index is 656. The van der Waals surface area contributed by atoms with E-state index < -0.39 is 0 Å². The van der Waals surface area contributed by atoms with E-state index in [1.807, 2.05) is 12.1 Å². The molecule has 21 heavy (non-hydrogen) atoms. The van der Waals surface area contributed by atoms with E-state index in [0.717, 1.165) is 5.56 Å². The highest BCUT2D eigenvalue weighted by atomic mass is 19.1. The average Bonchev–Trinajstić information content (AvgIpc) is 2.45. The number of halogens is 1. The molecule has 0 aromatic heterocycles. The maximum absolute atomic E-state index is 13.3. The summed E-state index contributed by atoms with van der Waals surface area (Å²) >= 11 is 0. The molecule has 0 aliphatic carbocycles. The second-order valence-corrected chi connectivity index (χ2v) is 6.00. The van der Waals surface area contributed by atoms with Crippen molar-refractivity contribution < 1.29 is 9.18 Å². The molecule has 2 rings (SSSR count). The third-order valence-electron chi connectivity index (χ3n) is 3.70. The molecule has 0 unspecified atom stereocenters. The monoisotopic (exact) mass is 284 g/mol. The van der Waals surface area contributed by atoms with Crippen LogP contribution < -0.4 is 0 Å². The standard InChI is InChI=1S/C19H21FO/c1-12(2)14-8-9-17(18(11-14)13(3)4)19(21)15-6-5-7-16(20)10-15/h5-13H,1-4H3. The SMILES string of the molecule is CC(C)c1ccc(C(=O)c2cccc(F)c2)c(C(C)C)c1. The van der Waals surface area contributed by atoms with Gasteiger partial charge in [-0.2, -0.15) is 0 Å². The number of hydrogen-bond donors (Lipinski definition) is 0. The third kappa shape index (κ3) is 3.38. The molecule has 0 saturated carbocycles. The maximum Gasteiger partial charge on any atom is 0.193 e. The summed E-state index contributed by atoms with van der Waals surface area (Å²) in [5.41, 5.74) is 3.30. The number of hydrogen-bond acceptors (Lipinski definition) is 1. The highest BCUT2D eigenvalue weighted by Crippen LogP contribution is 2.26. The largest absolute Gasteiger partial charge is 0.289 e. The summed E-state index contributed by atoms with van der Waals surface area (Å²) in [6, 6.07) is 11.8. The summed E-state index contributed by atoms with van der Waals surface area (Å²) in [6.45, 7) is 8.41. The van der Waals surface area contributed by atoms with Gasteiger partial charge < -0.3 is 0 Å². The van der Waals surface area contributed by atoms with Crippen molar-refractivity contribution in [2.75, 3.05) is 0 Å². The van der Waals surface area contributed by atoms with Crippen LogP contribution >= 0.6 is 0 Å². The number of carbonyl (C=O) groups excluding carboxylic acids is 1. The van der Waals surface area contributed by atoms with Crippen LogP contribution in [0, 0.1) is 5.82 Å². The Morgan fingerprint density at radius 1 is 0.952 bits per heavy atom. The molecular weight excluding hydrogens is 263 g/mol. The van der Waals surface area contributed by atoms with Gasteiger partial charge in [0, 0.05) is 11.1 Å². The molecule has 1 nitrogen and oxygen atoms in total. The number of ketones is 1. The average molecular weight is 284 g/mol. The first-order chi connectivity index (χ1) is 9.90. The van der Waals surface area contributed by atoms with Crippen LogP contribution in [0.2, 0.25) is 0 Å². The van der Waals surface area contributed by atoms with Crippen LogP contribution in [-0.4, -0.2) is 5.78 Å². The molecular formula is C19H21FO. The Balaban J connectivity index is 2.50. The molecule has 0 spiro atoms. The van der Waals surface area contributed by atoms with Gasteiger partial charge in [0.25, 0.3) is 0 Å². The van der Waals surface area contributed by atoms with Crippen molar-refractivity contribution in [1.29, 1.82) is 0 Å². The van der Waals surface area contributed by atoms with E-state index in [1.165, 1.54) is 17.7 Å². The van der Waals surface area contributed by atoms with Gasteiger partial charge in [0.2, 0.25) is 0 Å². The van der Waals surface area contributed by atoms with Crippen LogP contribution in [0.5, 0.6) is 0 Å². The van der Waals surface area contributed by atoms with Gasteiger partial charge in [-0.1, -0.05) is 58.0 Å². The normalized spacial score (nSPS) is 11.2. The van der Waals surface area contributed by atoms with Crippen LogP contribution in [0.4, 0.5) is 4.39 Å². The minimum Gasteiger partial charge on any atom is -0.289 e. The van der Waals surface area contributed by atoms with Gasteiger partial charge in [0.05, 0.1) is 0 Å².